The second kappa shape index (κ2) is 28.0. The van der Waals surface area contributed by atoms with Crippen molar-refractivity contribution in [3.05, 3.63) is 47.6 Å². The molecule has 1 amide bonds. The Labute approximate surface area is 411 Å². The molecule has 15 nitrogen and oxygen atoms in total. The molecule has 3 fully saturated rings. The molecule has 3 aliphatic heterocycles. The summed E-state index contributed by atoms with van der Waals surface area (Å²) in [6, 6.07) is -1.15. The van der Waals surface area contributed by atoms with E-state index in [0.29, 0.717) is 70.0 Å². The molecule has 4 rings (SSSR count). The van der Waals surface area contributed by atoms with Gasteiger partial charge in [0, 0.05) is 58.0 Å². The minimum atomic E-state index is -2.43. The molecule has 15 atom stereocenters. The van der Waals surface area contributed by atoms with Gasteiger partial charge in [-0.15, -0.1) is 0 Å². The maximum Gasteiger partial charge on any atom is 0.329 e. The zero-order valence-electron chi connectivity index (χ0n) is 43.1. The maximum atomic E-state index is 14.5. The van der Waals surface area contributed by atoms with Crippen LogP contribution in [0.15, 0.2) is 47.6 Å². The van der Waals surface area contributed by atoms with E-state index in [0.717, 1.165) is 12.0 Å². The number of ether oxygens (including phenoxy) is 6. The predicted molar refractivity (Wildman–Crippen MR) is 261 cm³/mol. The summed E-state index contributed by atoms with van der Waals surface area (Å²) in [5, 5.41) is 32.9. The quantitative estimate of drug-likeness (QED) is 0.120. The Bertz CT molecular complexity index is 1830. The van der Waals surface area contributed by atoms with Crippen molar-refractivity contribution in [3.63, 3.8) is 0 Å². The number of Topliss-reactive ketones (excluding diaryl/α,β-unsaturated/α-hetero) is 3. The summed E-state index contributed by atoms with van der Waals surface area (Å²) >= 11 is 0. The third-order valence-corrected chi connectivity index (χ3v) is 15.0. The number of cyclic esters (lactones) is 1. The van der Waals surface area contributed by atoms with Crippen molar-refractivity contribution in [2.75, 3.05) is 40.6 Å². The van der Waals surface area contributed by atoms with Crippen molar-refractivity contribution in [3.8, 4) is 0 Å². The van der Waals surface area contributed by atoms with Crippen LogP contribution in [0, 0.1) is 35.5 Å². The third-order valence-electron chi connectivity index (χ3n) is 15.0. The first-order chi connectivity index (χ1) is 32.8. The van der Waals surface area contributed by atoms with E-state index in [1.807, 2.05) is 65.0 Å². The van der Waals surface area contributed by atoms with Crippen molar-refractivity contribution in [1.82, 2.24) is 4.90 Å². The summed E-state index contributed by atoms with van der Waals surface area (Å²) in [5.41, 5.74) is 1.28. The van der Waals surface area contributed by atoms with Gasteiger partial charge < -0.3 is 48.6 Å². The first kappa shape index (κ1) is 58.2. The summed E-state index contributed by atoms with van der Waals surface area (Å²) < 4.78 is 35.9. The lowest BCUT2D eigenvalue weighted by Gasteiger charge is -2.43. The number of rotatable bonds is 10. The lowest BCUT2D eigenvalue weighted by Crippen LogP contribution is -2.61. The van der Waals surface area contributed by atoms with Gasteiger partial charge in [-0.25, -0.2) is 4.79 Å². The number of esters is 1. The fraction of sp³-hybridized carbons (Fsp3) is 0.759. The summed E-state index contributed by atoms with van der Waals surface area (Å²) in [5.74, 6) is -7.96. The average molecular weight is 972 g/mol. The monoisotopic (exact) mass is 972 g/mol. The normalized spacial score (nSPS) is 36.3. The van der Waals surface area contributed by atoms with Crippen molar-refractivity contribution in [2.45, 2.75) is 187 Å². The molecular formula is C54H85NO14. The molecule has 0 spiro atoms. The number of carbonyl (C=O) groups excluding carboxylic acids is 5. The van der Waals surface area contributed by atoms with Gasteiger partial charge in [-0.1, -0.05) is 71.1 Å². The summed E-state index contributed by atoms with van der Waals surface area (Å²) in [6.45, 7) is 15.2. The van der Waals surface area contributed by atoms with Gasteiger partial charge >= 0.3 is 5.97 Å². The van der Waals surface area contributed by atoms with Crippen molar-refractivity contribution in [1.29, 1.82) is 0 Å². The summed E-state index contributed by atoms with van der Waals surface area (Å²) in [6.07, 6.45) is 12.1. The molecule has 3 heterocycles. The Morgan fingerprint density at radius 1 is 0.870 bits per heavy atom. The minimum absolute atomic E-state index is 0.0153. The van der Waals surface area contributed by atoms with E-state index < -0.39 is 77.8 Å². The van der Waals surface area contributed by atoms with E-state index in [9.17, 15) is 39.3 Å². The predicted octanol–water partition coefficient (Wildman–Crippen LogP) is 6.59. The number of fused-ring (bicyclic) bond motifs is 3. The zero-order chi connectivity index (χ0) is 51.0. The SMILES string of the molecule is CCO[C@H]1C[C@@H]2CC[C@@H](C)[C@@](O)(O2)C(=O)C(=O)N2CCCCC2C(=O)O[C@H]([C@H](C)C[C@@H]2CC[C@@H](OCCO)[C@H](OC)C2)CC(=O)[C@H](C)C=C(C)[C@@H](O)[C@@H](OC)C(=O)[C@H](C)C[C@H](C)C=CC=CC=C1C. The van der Waals surface area contributed by atoms with Crippen molar-refractivity contribution < 1.29 is 67.7 Å². The van der Waals surface area contributed by atoms with Gasteiger partial charge in [0.05, 0.1) is 37.6 Å². The number of aliphatic hydroxyl groups is 3. The highest BCUT2D eigenvalue weighted by Crippen LogP contribution is 2.38. The van der Waals surface area contributed by atoms with E-state index in [1.54, 1.807) is 34.0 Å². The van der Waals surface area contributed by atoms with E-state index in [2.05, 4.69) is 0 Å². The standard InChI is InChI=1S/C54H85NO14/c1-11-66-45-31-41-22-20-39(8)54(63,69-41)51(60)52(61)55-24-16-15-19-42(55)53(62)68-46(36(5)29-40-21-23-44(67-26-25-56)47(30-40)64-9)32-43(57)35(4)28-38(7)49(59)50(65-10)48(58)37(6)27-33(2)17-13-12-14-18-34(45)3/h12-14,17-18,28,33,35-37,39-42,44-47,49-50,56,59,63H,11,15-16,19-27,29-32H2,1-10H3/t33-,35-,36-,37-,39-,40+,41+,42?,44-,45+,46+,47-,49-,50+,54-/m1/s1. The Morgan fingerprint density at radius 3 is 2.29 bits per heavy atom. The van der Waals surface area contributed by atoms with Crippen LogP contribution >= 0.6 is 0 Å². The minimum Gasteiger partial charge on any atom is -0.460 e. The highest BCUT2D eigenvalue weighted by molar-refractivity contribution is 6.39. The van der Waals surface area contributed by atoms with Gasteiger partial charge in [0.2, 0.25) is 5.79 Å². The number of ketones is 3. The zero-order valence-corrected chi connectivity index (χ0v) is 43.1. The lowest BCUT2D eigenvalue weighted by molar-refractivity contribution is -0.266. The van der Waals surface area contributed by atoms with Crippen LogP contribution in [-0.4, -0.2) is 145 Å². The first-order valence-electron chi connectivity index (χ1n) is 25.6. The fourth-order valence-electron chi connectivity index (χ4n) is 10.6. The number of piperidine rings is 1. The highest BCUT2D eigenvalue weighted by Gasteiger charge is 2.53. The van der Waals surface area contributed by atoms with Crippen LogP contribution in [0.4, 0.5) is 0 Å². The number of aliphatic hydroxyl groups excluding tert-OH is 2. The number of allylic oxidation sites excluding steroid dienone is 6. The van der Waals surface area contributed by atoms with E-state index in [-0.39, 0.29) is 74.1 Å². The van der Waals surface area contributed by atoms with Crippen LogP contribution in [0.2, 0.25) is 0 Å². The Kier molecular flexibility index (Phi) is 23.6. The van der Waals surface area contributed by atoms with E-state index in [1.165, 1.54) is 12.0 Å². The average Bonchev–Trinajstić information content (AvgIpc) is 3.33. The first-order valence-corrected chi connectivity index (χ1v) is 25.6. The van der Waals surface area contributed by atoms with Gasteiger partial charge in [0.25, 0.3) is 11.7 Å². The molecule has 390 valence electrons. The van der Waals surface area contributed by atoms with Crippen LogP contribution in [0.5, 0.6) is 0 Å². The topological polar surface area (TPSA) is 205 Å². The number of hydrogen-bond acceptors (Lipinski definition) is 14. The Morgan fingerprint density at radius 2 is 1.61 bits per heavy atom. The molecule has 2 saturated heterocycles. The molecule has 1 saturated carbocycles. The number of methoxy groups -OCH3 is 2. The van der Waals surface area contributed by atoms with Gasteiger partial charge in [0.1, 0.15) is 30.1 Å². The Balaban J connectivity index is 1.71. The molecule has 0 radical (unpaired) electrons. The smallest absolute Gasteiger partial charge is 0.329 e. The lowest BCUT2D eigenvalue weighted by atomic mass is 9.78. The molecule has 0 aromatic rings. The van der Waals surface area contributed by atoms with Crippen LogP contribution in [0.3, 0.4) is 0 Å². The van der Waals surface area contributed by atoms with Gasteiger partial charge in [0.15, 0.2) is 5.78 Å². The number of hydrogen-bond donors (Lipinski definition) is 3. The second-order valence-corrected chi connectivity index (χ2v) is 20.4. The van der Waals surface area contributed by atoms with Crippen LogP contribution in [0.1, 0.15) is 132 Å². The molecule has 69 heavy (non-hydrogen) atoms. The molecule has 1 unspecified atom stereocenters. The third kappa shape index (κ3) is 16.0. The fourth-order valence-corrected chi connectivity index (χ4v) is 10.6. The molecular weight excluding hydrogens is 887 g/mol. The van der Waals surface area contributed by atoms with Crippen molar-refractivity contribution >= 4 is 29.2 Å². The second-order valence-electron chi connectivity index (χ2n) is 20.4. The van der Waals surface area contributed by atoms with Crippen LogP contribution in [-0.2, 0) is 52.4 Å². The molecule has 0 aromatic carbocycles. The van der Waals surface area contributed by atoms with E-state index in [4.69, 9.17) is 28.4 Å². The van der Waals surface area contributed by atoms with Gasteiger partial charge in [-0.3, -0.25) is 19.2 Å². The number of nitrogens with zero attached hydrogens (tertiary/aromatic N) is 1. The molecule has 15 heteroatoms. The number of carbonyl (C=O) groups is 5. The van der Waals surface area contributed by atoms with Crippen LogP contribution < -0.4 is 0 Å². The Hall–Kier alpha value is -3.41. The largest absolute Gasteiger partial charge is 0.460 e. The van der Waals surface area contributed by atoms with Crippen LogP contribution in [0.25, 0.3) is 0 Å². The molecule has 3 N–H and O–H groups in total. The number of amides is 1. The molecule has 1 aliphatic carbocycles. The van der Waals surface area contributed by atoms with Gasteiger partial charge in [-0.05, 0) is 114 Å². The maximum absolute atomic E-state index is 14.5. The van der Waals surface area contributed by atoms with Crippen molar-refractivity contribution in [2.24, 2.45) is 35.5 Å². The molecule has 0 aromatic heterocycles. The highest BCUT2D eigenvalue weighted by atomic mass is 16.6. The van der Waals surface area contributed by atoms with Gasteiger partial charge in [-0.2, -0.15) is 0 Å². The molecule has 4 aliphatic rings. The summed E-state index contributed by atoms with van der Waals surface area (Å²) in [7, 11) is 3.01. The van der Waals surface area contributed by atoms with E-state index >= 15 is 0 Å². The summed E-state index contributed by atoms with van der Waals surface area (Å²) in [4.78, 5) is 72.3. The molecule has 2 bridgehead atoms.